The van der Waals surface area contributed by atoms with Gasteiger partial charge in [0.05, 0.1) is 0 Å². The predicted molar refractivity (Wildman–Crippen MR) is 95.0 cm³/mol. The van der Waals surface area contributed by atoms with Crippen LogP contribution in [0.1, 0.15) is 31.4 Å². The summed E-state index contributed by atoms with van der Waals surface area (Å²) in [6.45, 7) is 3.60. The van der Waals surface area contributed by atoms with Gasteiger partial charge in [-0.05, 0) is 36.5 Å². The topological polar surface area (TPSA) is 59.3 Å². The molecule has 1 aromatic carbocycles. The van der Waals surface area contributed by atoms with Gasteiger partial charge in [0, 0.05) is 24.2 Å². The highest BCUT2D eigenvalue weighted by Gasteiger charge is 2.26. The van der Waals surface area contributed by atoms with Crippen molar-refractivity contribution in [2.45, 2.75) is 39.7 Å². The average molecular weight is 327 g/mol. The molecule has 2 rings (SSSR count). The molecule has 0 aliphatic rings. The number of rotatable bonds is 8. The van der Waals surface area contributed by atoms with E-state index < -0.39 is 12.0 Å². The van der Waals surface area contributed by atoms with Crippen molar-refractivity contribution in [3.63, 3.8) is 0 Å². The van der Waals surface area contributed by atoms with E-state index in [1.165, 1.54) is 5.56 Å². The SMILES string of the molecule is CC(C)(CCn1ccc(CCc2ccccc2)cc1=O)C(=O)CO. The maximum atomic E-state index is 12.2. The fourth-order valence-electron chi connectivity index (χ4n) is 2.58. The van der Waals surface area contributed by atoms with Crippen LogP contribution in [0.4, 0.5) is 0 Å². The third-order valence-electron chi connectivity index (χ3n) is 4.48. The van der Waals surface area contributed by atoms with Gasteiger partial charge in [-0.3, -0.25) is 9.59 Å². The number of aryl methyl sites for hydroxylation is 3. The summed E-state index contributed by atoms with van der Waals surface area (Å²) < 4.78 is 1.62. The second kappa shape index (κ2) is 8.06. The monoisotopic (exact) mass is 327 g/mol. The number of pyridine rings is 1. The largest absolute Gasteiger partial charge is 0.389 e. The van der Waals surface area contributed by atoms with E-state index in [9.17, 15) is 9.59 Å². The zero-order valence-electron chi connectivity index (χ0n) is 14.4. The van der Waals surface area contributed by atoms with E-state index in [1.807, 2.05) is 24.3 Å². The summed E-state index contributed by atoms with van der Waals surface area (Å²) in [6.07, 6.45) is 4.05. The Kier molecular flexibility index (Phi) is 6.10. The Morgan fingerprint density at radius 2 is 1.75 bits per heavy atom. The number of carbonyl (C=O) groups is 1. The van der Waals surface area contributed by atoms with Crippen molar-refractivity contribution < 1.29 is 9.90 Å². The molecule has 0 aliphatic heterocycles. The van der Waals surface area contributed by atoms with E-state index in [1.54, 1.807) is 30.7 Å². The minimum absolute atomic E-state index is 0.0483. The van der Waals surface area contributed by atoms with Crippen LogP contribution in [-0.4, -0.2) is 22.1 Å². The van der Waals surface area contributed by atoms with Crippen molar-refractivity contribution in [1.82, 2.24) is 4.57 Å². The Bertz CT molecular complexity index is 732. The Morgan fingerprint density at radius 1 is 1.08 bits per heavy atom. The van der Waals surface area contributed by atoms with Crippen molar-refractivity contribution in [3.05, 3.63) is 70.1 Å². The van der Waals surface area contributed by atoms with Gasteiger partial charge in [-0.2, -0.15) is 0 Å². The van der Waals surface area contributed by atoms with Crippen molar-refractivity contribution in [3.8, 4) is 0 Å². The number of Topliss-reactive ketones (excluding diaryl/α,β-unsaturated/α-hetero) is 1. The molecule has 1 aromatic heterocycles. The van der Waals surface area contributed by atoms with Gasteiger partial charge in [0.1, 0.15) is 6.61 Å². The maximum absolute atomic E-state index is 12.2. The van der Waals surface area contributed by atoms with Crippen LogP contribution >= 0.6 is 0 Å². The number of aromatic nitrogens is 1. The van der Waals surface area contributed by atoms with Crippen LogP contribution in [0.25, 0.3) is 0 Å². The van der Waals surface area contributed by atoms with Crippen LogP contribution in [0.15, 0.2) is 53.5 Å². The molecule has 128 valence electrons. The summed E-state index contributed by atoms with van der Waals surface area (Å²) >= 11 is 0. The summed E-state index contributed by atoms with van der Waals surface area (Å²) in [5.74, 6) is -0.199. The van der Waals surface area contributed by atoms with Crippen LogP contribution in [0.3, 0.4) is 0 Å². The van der Waals surface area contributed by atoms with Gasteiger partial charge in [0.25, 0.3) is 5.56 Å². The van der Waals surface area contributed by atoms with E-state index in [0.717, 1.165) is 18.4 Å². The second-order valence-electron chi connectivity index (χ2n) is 6.77. The molecule has 0 saturated carbocycles. The number of nitrogens with zero attached hydrogens (tertiary/aromatic N) is 1. The summed E-state index contributed by atoms with van der Waals surface area (Å²) in [5, 5.41) is 8.99. The quantitative estimate of drug-likeness (QED) is 0.811. The lowest BCUT2D eigenvalue weighted by Gasteiger charge is -2.22. The van der Waals surface area contributed by atoms with Gasteiger partial charge in [-0.1, -0.05) is 44.2 Å². The minimum atomic E-state index is -0.625. The first kappa shape index (κ1) is 18.1. The molecular weight excluding hydrogens is 302 g/mol. The van der Waals surface area contributed by atoms with Gasteiger partial charge < -0.3 is 9.67 Å². The Balaban J connectivity index is 1.97. The number of benzene rings is 1. The van der Waals surface area contributed by atoms with Crippen LogP contribution in [-0.2, 0) is 24.2 Å². The van der Waals surface area contributed by atoms with Crippen LogP contribution < -0.4 is 5.56 Å². The smallest absolute Gasteiger partial charge is 0.250 e. The minimum Gasteiger partial charge on any atom is -0.389 e. The van der Waals surface area contributed by atoms with Gasteiger partial charge in [0.15, 0.2) is 5.78 Å². The normalized spacial score (nSPS) is 11.5. The molecule has 0 spiro atoms. The highest BCUT2D eigenvalue weighted by molar-refractivity contribution is 5.84. The predicted octanol–water partition coefficient (Wildman–Crippen LogP) is 2.61. The number of ketones is 1. The average Bonchev–Trinajstić information content (AvgIpc) is 2.59. The summed E-state index contributed by atoms with van der Waals surface area (Å²) in [4.78, 5) is 23.9. The fourth-order valence-corrected chi connectivity index (χ4v) is 2.58. The summed E-state index contributed by atoms with van der Waals surface area (Å²) in [7, 11) is 0. The number of carbonyl (C=O) groups excluding carboxylic acids is 1. The highest BCUT2D eigenvalue weighted by Crippen LogP contribution is 2.22. The number of hydrogen-bond acceptors (Lipinski definition) is 3. The second-order valence-corrected chi connectivity index (χ2v) is 6.77. The van der Waals surface area contributed by atoms with Crippen molar-refractivity contribution >= 4 is 5.78 Å². The molecule has 1 N–H and O–H groups in total. The maximum Gasteiger partial charge on any atom is 0.250 e. The van der Waals surface area contributed by atoms with Gasteiger partial charge in [-0.25, -0.2) is 0 Å². The van der Waals surface area contributed by atoms with Gasteiger partial charge in [-0.15, -0.1) is 0 Å². The first-order chi connectivity index (χ1) is 11.4. The Labute approximate surface area is 142 Å². The highest BCUT2D eigenvalue weighted by atomic mass is 16.3. The molecule has 4 heteroatoms. The van der Waals surface area contributed by atoms with E-state index in [-0.39, 0.29) is 11.3 Å². The summed E-state index contributed by atoms with van der Waals surface area (Å²) in [5.41, 5.74) is 1.60. The first-order valence-electron chi connectivity index (χ1n) is 8.30. The molecule has 0 fully saturated rings. The van der Waals surface area contributed by atoms with Gasteiger partial charge in [0.2, 0.25) is 0 Å². The van der Waals surface area contributed by atoms with E-state index >= 15 is 0 Å². The Morgan fingerprint density at radius 3 is 2.38 bits per heavy atom. The number of aliphatic hydroxyl groups excluding tert-OH is 1. The van der Waals surface area contributed by atoms with Crippen LogP contribution in [0, 0.1) is 5.41 Å². The van der Waals surface area contributed by atoms with E-state index in [0.29, 0.717) is 13.0 Å². The van der Waals surface area contributed by atoms with Crippen molar-refractivity contribution in [1.29, 1.82) is 0 Å². The molecule has 4 nitrogen and oxygen atoms in total. The molecule has 1 heterocycles. The fraction of sp³-hybridized carbons (Fsp3) is 0.400. The lowest BCUT2D eigenvalue weighted by atomic mass is 9.85. The third-order valence-corrected chi connectivity index (χ3v) is 4.48. The molecular formula is C20H25NO3. The molecule has 0 amide bonds. The molecule has 0 bridgehead atoms. The van der Waals surface area contributed by atoms with Crippen molar-refractivity contribution in [2.24, 2.45) is 5.41 Å². The third kappa shape index (κ3) is 4.90. The zero-order chi connectivity index (χ0) is 17.6. The zero-order valence-corrected chi connectivity index (χ0v) is 14.4. The molecule has 0 radical (unpaired) electrons. The molecule has 2 aromatic rings. The lowest BCUT2D eigenvalue weighted by molar-refractivity contribution is -0.130. The molecule has 0 saturated heterocycles. The van der Waals surface area contributed by atoms with Gasteiger partial charge >= 0.3 is 0 Å². The number of hydrogen-bond donors (Lipinski definition) is 1. The van der Waals surface area contributed by atoms with E-state index in [4.69, 9.17) is 5.11 Å². The van der Waals surface area contributed by atoms with Crippen molar-refractivity contribution in [2.75, 3.05) is 6.61 Å². The standard InChI is InChI=1S/C20H25NO3/c1-20(2,18(23)15-22)11-13-21-12-10-17(14-19(21)24)9-8-16-6-4-3-5-7-16/h3-7,10,12,14,22H,8-9,11,13,15H2,1-2H3. The molecule has 0 unspecified atom stereocenters. The number of aliphatic hydroxyl groups is 1. The van der Waals surface area contributed by atoms with Crippen LogP contribution in [0.2, 0.25) is 0 Å². The summed E-state index contributed by atoms with van der Waals surface area (Å²) in [6, 6.07) is 13.8. The molecule has 0 aliphatic carbocycles. The molecule has 0 atom stereocenters. The van der Waals surface area contributed by atoms with Crippen LogP contribution in [0.5, 0.6) is 0 Å². The lowest BCUT2D eigenvalue weighted by Crippen LogP contribution is -2.30. The molecule has 24 heavy (non-hydrogen) atoms. The Hall–Kier alpha value is -2.20. The first-order valence-corrected chi connectivity index (χ1v) is 8.30. The van der Waals surface area contributed by atoms with E-state index in [2.05, 4.69) is 12.1 Å².